The van der Waals surface area contributed by atoms with Gasteiger partial charge in [-0.2, -0.15) is 0 Å². The highest BCUT2D eigenvalue weighted by molar-refractivity contribution is 5.81. The number of carbonyl (C=O) groups is 1. The molecule has 0 bridgehead atoms. The molecule has 110 valence electrons. The minimum absolute atomic E-state index is 0.180. The number of nitrogens with zero attached hydrogens (tertiary/aromatic N) is 2. The van der Waals surface area contributed by atoms with Crippen LogP contribution in [0, 0.1) is 0 Å². The minimum Gasteiger partial charge on any atom is -0.497 e. The molecule has 20 heavy (non-hydrogen) atoms. The molecule has 0 aliphatic carbocycles. The highest BCUT2D eigenvalue weighted by Crippen LogP contribution is 2.19. The van der Waals surface area contributed by atoms with E-state index in [-0.39, 0.29) is 5.91 Å². The molecular weight excluding hydrogens is 254 g/mol. The predicted octanol–water partition coefficient (Wildman–Crippen LogP) is 0.953. The lowest BCUT2D eigenvalue weighted by atomic mass is 10.2. The van der Waals surface area contributed by atoms with Crippen molar-refractivity contribution in [3.05, 3.63) is 24.3 Å². The average molecular weight is 277 g/mol. The lowest BCUT2D eigenvalue weighted by Crippen LogP contribution is -2.40. The largest absolute Gasteiger partial charge is 0.497 e. The van der Waals surface area contributed by atoms with Crippen LogP contribution in [-0.2, 0) is 4.79 Å². The molecule has 2 rings (SSSR count). The number of ether oxygens (including phenoxy) is 1. The summed E-state index contributed by atoms with van der Waals surface area (Å²) in [4.78, 5) is 16.2. The van der Waals surface area contributed by atoms with E-state index in [2.05, 4.69) is 5.32 Å². The van der Waals surface area contributed by atoms with Gasteiger partial charge in [-0.25, -0.2) is 0 Å². The van der Waals surface area contributed by atoms with Gasteiger partial charge in [0.2, 0.25) is 5.91 Å². The molecular formula is C15H23N3O2. The van der Waals surface area contributed by atoms with Gasteiger partial charge in [-0.15, -0.1) is 0 Å². The van der Waals surface area contributed by atoms with E-state index >= 15 is 0 Å². The van der Waals surface area contributed by atoms with Gasteiger partial charge in [-0.05, 0) is 25.1 Å². The Balaban J connectivity index is 1.95. The molecule has 0 aromatic heterocycles. The molecule has 5 nitrogen and oxygen atoms in total. The van der Waals surface area contributed by atoms with Gasteiger partial charge in [0, 0.05) is 38.4 Å². The molecule has 1 aromatic carbocycles. The first-order valence-corrected chi connectivity index (χ1v) is 7.04. The Kier molecular flexibility index (Phi) is 5.24. The monoisotopic (exact) mass is 277 g/mol. The Morgan fingerprint density at radius 2 is 2.25 bits per heavy atom. The Hall–Kier alpha value is -1.75. The number of hydrogen-bond acceptors (Lipinski definition) is 4. The Bertz CT molecular complexity index is 442. The number of hydrogen-bond donors (Lipinski definition) is 1. The second-order valence-electron chi connectivity index (χ2n) is 5.04. The van der Waals surface area contributed by atoms with Gasteiger partial charge in [0.05, 0.1) is 13.7 Å². The fraction of sp³-hybridized carbons (Fsp3) is 0.533. The van der Waals surface area contributed by atoms with Crippen LogP contribution in [0.4, 0.5) is 5.69 Å². The van der Waals surface area contributed by atoms with Crippen LogP contribution in [0.25, 0.3) is 0 Å². The maximum atomic E-state index is 12.3. The molecule has 1 amide bonds. The molecule has 1 heterocycles. The third kappa shape index (κ3) is 3.87. The van der Waals surface area contributed by atoms with Crippen LogP contribution in [0.2, 0.25) is 0 Å². The van der Waals surface area contributed by atoms with E-state index in [1.807, 2.05) is 41.1 Å². The van der Waals surface area contributed by atoms with Crippen molar-refractivity contribution >= 4 is 11.6 Å². The molecule has 1 aliphatic heterocycles. The van der Waals surface area contributed by atoms with Crippen molar-refractivity contribution in [2.45, 2.75) is 6.42 Å². The van der Waals surface area contributed by atoms with Crippen LogP contribution >= 0.6 is 0 Å². The minimum atomic E-state index is 0.180. The van der Waals surface area contributed by atoms with Crippen LogP contribution in [0.1, 0.15) is 6.42 Å². The molecule has 0 atom stereocenters. The maximum absolute atomic E-state index is 12.3. The zero-order valence-corrected chi connectivity index (χ0v) is 12.3. The van der Waals surface area contributed by atoms with Crippen molar-refractivity contribution in [3.63, 3.8) is 0 Å². The molecule has 1 saturated heterocycles. The Morgan fingerprint density at radius 3 is 3.05 bits per heavy atom. The number of anilines is 1. The SMILES string of the molecule is COc1cccc(N(C)CC(=O)N2CCCNCC2)c1. The maximum Gasteiger partial charge on any atom is 0.242 e. The van der Waals surface area contributed by atoms with Crippen molar-refractivity contribution in [1.29, 1.82) is 0 Å². The van der Waals surface area contributed by atoms with Crippen molar-refractivity contribution in [2.24, 2.45) is 0 Å². The highest BCUT2D eigenvalue weighted by atomic mass is 16.5. The molecule has 1 aromatic rings. The van der Waals surface area contributed by atoms with Crippen molar-refractivity contribution in [3.8, 4) is 5.75 Å². The van der Waals surface area contributed by atoms with Gasteiger partial charge in [0.15, 0.2) is 0 Å². The fourth-order valence-corrected chi connectivity index (χ4v) is 2.34. The van der Waals surface area contributed by atoms with Crippen molar-refractivity contribution in [2.75, 3.05) is 51.8 Å². The van der Waals surface area contributed by atoms with Crippen molar-refractivity contribution < 1.29 is 9.53 Å². The van der Waals surface area contributed by atoms with E-state index < -0.39 is 0 Å². The molecule has 0 saturated carbocycles. The Morgan fingerprint density at radius 1 is 1.40 bits per heavy atom. The summed E-state index contributed by atoms with van der Waals surface area (Å²) in [7, 11) is 3.58. The van der Waals surface area contributed by atoms with E-state index in [9.17, 15) is 4.79 Å². The lowest BCUT2D eigenvalue weighted by Gasteiger charge is -2.25. The van der Waals surface area contributed by atoms with Crippen LogP contribution in [0.15, 0.2) is 24.3 Å². The number of carbonyl (C=O) groups excluding carboxylic acids is 1. The van der Waals surface area contributed by atoms with E-state index in [1.54, 1.807) is 7.11 Å². The number of methoxy groups -OCH3 is 1. The predicted molar refractivity (Wildman–Crippen MR) is 80.3 cm³/mol. The second kappa shape index (κ2) is 7.14. The highest BCUT2D eigenvalue weighted by Gasteiger charge is 2.17. The summed E-state index contributed by atoms with van der Waals surface area (Å²) in [6.45, 7) is 3.92. The first-order chi connectivity index (χ1) is 9.70. The van der Waals surface area contributed by atoms with Crippen LogP contribution < -0.4 is 15.0 Å². The summed E-state index contributed by atoms with van der Waals surface area (Å²) in [6.07, 6.45) is 1.02. The molecule has 1 fully saturated rings. The normalized spacial score (nSPS) is 15.6. The standard InChI is InChI=1S/C15H23N3O2/c1-17(13-5-3-6-14(11-13)20-2)12-15(19)18-9-4-7-16-8-10-18/h3,5-6,11,16H,4,7-10,12H2,1-2H3. The quantitative estimate of drug-likeness (QED) is 0.890. The lowest BCUT2D eigenvalue weighted by molar-refractivity contribution is -0.129. The molecule has 5 heteroatoms. The average Bonchev–Trinajstić information content (AvgIpc) is 2.76. The number of nitrogens with one attached hydrogen (secondary N) is 1. The number of likely N-dealkylation sites (N-methyl/N-ethyl adjacent to an activating group) is 1. The van der Waals surface area contributed by atoms with Gasteiger partial charge < -0.3 is 19.9 Å². The van der Waals surface area contributed by atoms with E-state index in [0.29, 0.717) is 6.54 Å². The molecule has 1 N–H and O–H groups in total. The Labute approximate surface area is 120 Å². The van der Waals surface area contributed by atoms with Gasteiger partial charge in [-0.1, -0.05) is 6.07 Å². The summed E-state index contributed by atoms with van der Waals surface area (Å²) in [6, 6.07) is 7.77. The number of amides is 1. The summed E-state index contributed by atoms with van der Waals surface area (Å²) >= 11 is 0. The molecule has 0 unspecified atom stereocenters. The van der Waals surface area contributed by atoms with E-state index in [4.69, 9.17) is 4.74 Å². The third-order valence-corrected chi connectivity index (χ3v) is 3.56. The zero-order chi connectivity index (χ0) is 14.4. The van der Waals surface area contributed by atoms with E-state index in [0.717, 1.165) is 44.0 Å². The van der Waals surface area contributed by atoms with Crippen LogP contribution in [-0.4, -0.2) is 57.7 Å². The smallest absolute Gasteiger partial charge is 0.242 e. The van der Waals surface area contributed by atoms with Gasteiger partial charge in [0.1, 0.15) is 5.75 Å². The van der Waals surface area contributed by atoms with Crippen LogP contribution in [0.5, 0.6) is 5.75 Å². The van der Waals surface area contributed by atoms with Gasteiger partial charge in [-0.3, -0.25) is 4.79 Å². The summed E-state index contributed by atoms with van der Waals surface area (Å²) in [5.41, 5.74) is 0.991. The molecule has 0 spiro atoms. The second-order valence-corrected chi connectivity index (χ2v) is 5.04. The van der Waals surface area contributed by atoms with Gasteiger partial charge >= 0.3 is 0 Å². The fourth-order valence-electron chi connectivity index (χ4n) is 2.34. The molecule has 1 aliphatic rings. The molecule has 0 radical (unpaired) electrons. The third-order valence-electron chi connectivity index (χ3n) is 3.56. The number of benzene rings is 1. The summed E-state index contributed by atoms with van der Waals surface area (Å²) in [5.74, 6) is 0.986. The van der Waals surface area contributed by atoms with Crippen LogP contribution in [0.3, 0.4) is 0 Å². The first-order valence-electron chi connectivity index (χ1n) is 7.04. The summed E-state index contributed by atoms with van der Waals surface area (Å²) < 4.78 is 5.21. The zero-order valence-electron chi connectivity index (χ0n) is 12.3. The summed E-state index contributed by atoms with van der Waals surface area (Å²) in [5, 5.41) is 3.31. The first kappa shape index (κ1) is 14.7. The number of rotatable bonds is 4. The topological polar surface area (TPSA) is 44.8 Å². The van der Waals surface area contributed by atoms with Gasteiger partial charge in [0.25, 0.3) is 0 Å². The van der Waals surface area contributed by atoms with Crippen molar-refractivity contribution in [1.82, 2.24) is 10.2 Å². The van der Waals surface area contributed by atoms with E-state index in [1.165, 1.54) is 0 Å².